The molecular weight excluding hydrogens is 317 g/mol. The third-order valence-corrected chi connectivity index (χ3v) is 3.57. The number of carbonyl (C=O) groups is 1. The fraction of sp³-hybridized carbons (Fsp3) is 0.0588. The number of aromatic nitrogens is 2. The summed E-state index contributed by atoms with van der Waals surface area (Å²) in [6, 6.07) is 14.8. The Bertz CT molecular complexity index is 830. The number of nitrogens with one attached hydrogen (secondary N) is 1. The number of hydrogen-bond acceptors (Lipinski definition) is 2. The summed E-state index contributed by atoms with van der Waals surface area (Å²) < 4.78 is 15.3. The van der Waals surface area contributed by atoms with Crippen molar-refractivity contribution in [3.63, 3.8) is 0 Å². The number of benzene rings is 2. The maximum atomic E-state index is 13.7. The number of halogens is 2. The van der Waals surface area contributed by atoms with Crippen LogP contribution in [0.2, 0.25) is 5.02 Å². The lowest BCUT2D eigenvalue weighted by Gasteiger charge is -2.09. The summed E-state index contributed by atoms with van der Waals surface area (Å²) in [6.45, 7) is 0.469. The van der Waals surface area contributed by atoms with Gasteiger partial charge in [0.15, 0.2) is 0 Å². The standard InChI is InChI=1S/C17H13ClFN3O/c18-13-7-5-12(6-8-13)11-22-16(9-10-20-22)21-17(23)14-3-1-2-4-15(14)19/h1-10H,11H2,(H,21,23). The predicted octanol–water partition coefficient (Wildman–Crippen LogP) is 3.98. The molecule has 1 amide bonds. The summed E-state index contributed by atoms with van der Waals surface area (Å²) in [5.41, 5.74) is 0.978. The van der Waals surface area contributed by atoms with Crippen molar-refractivity contribution in [1.29, 1.82) is 0 Å². The zero-order valence-electron chi connectivity index (χ0n) is 12.0. The van der Waals surface area contributed by atoms with Crippen LogP contribution in [0.4, 0.5) is 10.2 Å². The Labute approximate surface area is 137 Å². The fourth-order valence-electron chi connectivity index (χ4n) is 2.16. The van der Waals surface area contributed by atoms with Crippen molar-refractivity contribution in [2.24, 2.45) is 0 Å². The molecule has 4 nitrogen and oxygen atoms in total. The van der Waals surface area contributed by atoms with Crippen LogP contribution in [0.15, 0.2) is 60.8 Å². The van der Waals surface area contributed by atoms with Crippen molar-refractivity contribution >= 4 is 23.3 Å². The van der Waals surface area contributed by atoms with E-state index in [2.05, 4.69) is 10.4 Å². The van der Waals surface area contributed by atoms with E-state index in [4.69, 9.17) is 11.6 Å². The summed E-state index contributed by atoms with van der Waals surface area (Å²) in [7, 11) is 0. The lowest BCUT2D eigenvalue weighted by molar-refractivity contribution is 0.102. The molecule has 1 aromatic heterocycles. The van der Waals surface area contributed by atoms with Crippen molar-refractivity contribution in [2.75, 3.05) is 5.32 Å². The first kappa shape index (κ1) is 15.2. The van der Waals surface area contributed by atoms with Gasteiger partial charge in [-0.3, -0.25) is 4.79 Å². The van der Waals surface area contributed by atoms with Crippen molar-refractivity contribution in [3.8, 4) is 0 Å². The van der Waals surface area contributed by atoms with Crippen LogP contribution in [0, 0.1) is 5.82 Å². The Balaban J connectivity index is 1.77. The van der Waals surface area contributed by atoms with Gasteiger partial charge < -0.3 is 5.32 Å². The molecule has 2 aromatic carbocycles. The lowest BCUT2D eigenvalue weighted by Crippen LogP contribution is -2.17. The topological polar surface area (TPSA) is 46.9 Å². The van der Waals surface area contributed by atoms with Crippen LogP contribution in [0.1, 0.15) is 15.9 Å². The number of rotatable bonds is 4. The third kappa shape index (κ3) is 3.57. The van der Waals surface area contributed by atoms with E-state index in [1.807, 2.05) is 12.1 Å². The molecule has 0 aliphatic carbocycles. The average molecular weight is 330 g/mol. The first-order valence-corrected chi connectivity index (χ1v) is 7.33. The van der Waals surface area contributed by atoms with Gasteiger partial charge in [0.05, 0.1) is 18.3 Å². The number of amides is 1. The van der Waals surface area contributed by atoms with Gasteiger partial charge in [-0.05, 0) is 29.8 Å². The summed E-state index contributed by atoms with van der Waals surface area (Å²) in [4.78, 5) is 12.2. The number of nitrogens with zero attached hydrogens (tertiary/aromatic N) is 2. The monoisotopic (exact) mass is 329 g/mol. The van der Waals surface area contributed by atoms with Gasteiger partial charge in [-0.1, -0.05) is 35.9 Å². The van der Waals surface area contributed by atoms with Crippen molar-refractivity contribution in [1.82, 2.24) is 9.78 Å². The second kappa shape index (κ2) is 6.62. The molecule has 0 bridgehead atoms. The molecule has 1 N–H and O–H groups in total. The molecule has 0 fully saturated rings. The highest BCUT2D eigenvalue weighted by Gasteiger charge is 2.13. The van der Waals surface area contributed by atoms with Gasteiger partial charge in [0.25, 0.3) is 5.91 Å². The van der Waals surface area contributed by atoms with Gasteiger partial charge in [0.2, 0.25) is 0 Å². The first-order valence-electron chi connectivity index (χ1n) is 6.95. The van der Waals surface area contributed by atoms with Crippen LogP contribution in [0.5, 0.6) is 0 Å². The Morgan fingerprint density at radius 3 is 2.61 bits per heavy atom. The molecule has 0 radical (unpaired) electrons. The van der Waals surface area contributed by atoms with Gasteiger partial charge in [-0.2, -0.15) is 5.10 Å². The fourth-order valence-corrected chi connectivity index (χ4v) is 2.28. The normalized spacial score (nSPS) is 10.5. The average Bonchev–Trinajstić information content (AvgIpc) is 2.97. The molecule has 0 saturated carbocycles. The SMILES string of the molecule is O=C(Nc1ccnn1Cc1ccc(Cl)cc1)c1ccccc1F. The second-order valence-electron chi connectivity index (χ2n) is 4.93. The predicted molar refractivity (Wildman–Crippen MR) is 87.1 cm³/mol. The highest BCUT2D eigenvalue weighted by Crippen LogP contribution is 2.15. The van der Waals surface area contributed by atoms with E-state index in [1.54, 1.807) is 35.1 Å². The Morgan fingerprint density at radius 1 is 1.13 bits per heavy atom. The van der Waals surface area contributed by atoms with E-state index in [1.165, 1.54) is 18.2 Å². The maximum Gasteiger partial charge on any atom is 0.259 e. The molecule has 0 unspecified atom stereocenters. The summed E-state index contributed by atoms with van der Waals surface area (Å²) >= 11 is 5.86. The molecule has 0 aliphatic heterocycles. The van der Waals surface area contributed by atoms with Gasteiger partial charge in [-0.25, -0.2) is 9.07 Å². The van der Waals surface area contributed by atoms with E-state index < -0.39 is 11.7 Å². The Morgan fingerprint density at radius 2 is 1.87 bits per heavy atom. The number of carbonyl (C=O) groups excluding carboxylic acids is 1. The Kier molecular flexibility index (Phi) is 4.39. The van der Waals surface area contributed by atoms with Crippen LogP contribution in [0.25, 0.3) is 0 Å². The minimum Gasteiger partial charge on any atom is -0.307 e. The van der Waals surface area contributed by atoms with E-state index in [0.29, 0.717) is 17.4 Å². The highest BCUT2D eigenvalue weighted by molar-refractivity contribution is 6.30. The quantitative estimate of drug-likeness (QED) is 0.787. The zero-order chi connectivity index (χ0) is 16.2. The molecule has 0 spiro atoms. The van der Waals surface area contributed by atoms with Gasteiger partial charge in [0.1, 0.15) is 11.6 Å². The van der Waals surface area contributed by atoms with Crippen molar-refractivity contribution in [3.05, 3.63) is 82.8 Å². The third-order valence-electron chi connectivity index (χ3n) is 3.32. The minimum atomic E-state index is -0.561. The van der Waals surface area contributed by atoms with Gasteiger partial charge in [-0.15, -0.1) is 0 Å². The van der Waals surface area contributed by atoms with Crippen LogP contribution in [0.3, 0.4) is 0 Å². The molecule has 1 heterocycles. The van der Waals surface area contributed by atoms with Crippen molar-refractivity contribution < 1.29 is 9.18 Å². The summed E-state index contributed by atoms with van der Waals surface area (Å²) in [5, 5.41) is 7.51. The zero-order valence-corrected chi connectivity index (χ0v) is 12.8. The first-order chi connectivity index (χ1) is 11.1. The largest absolute Gasteiger partial charge is 0.307 e. The molecule has 23 heavy (non-hydrogen) atoms. The molecule has 0 saturated heterocycles. The van der Waals surface area contributed by atoms with Crippen LogP contribution >= 0.6 is 11.6 Å². The smallest absolute Gasteiger partial charge is 0.259 e. The van der Waals surface area contributed by atoms with Crippen LogP contribution in [-0.4, -0.2) is 15.7 Å². The second-order valence-corrected chi connectivity index (χ2v) is 5.37. The molecule has 6 heteroatoms. The van der Waals surface area contributed by atoms with E-state index in [0.717, 1.165) is 5.56 Å². The summed E-state index contributed by atoms with van der Waals surface area (Å²) in [5.74, 6) is -0.581. The van der Waals surface area contributed by atoms with E-state index in [-0.39, 0.29) is 5.56 Å². The summed E-state index contributed by atoms with van der Waals surface area (Å²) in [6.07, 6.45) is 1.58. The van der Waals surface area contributed by atoms with Crippen LogP contribution < -0.4 is 5.32 Å². The van der Waals surface area contributed by atoms with Crippen molar-refractivity contribution in [2.45, 2.75) is 6.54 Å². The van der Waals surface area contributed by atoms with Gasteiger partial charge in [0, 0.05) is 11.1 Å². The van der Waals surface area contributed by atoms with Crippen LogP contribution in [-0.2, 0) is 6.54 Å². The molecule has 0 aliphatic rings. The van der Waals surface area contributed by atoms with E-state index >= 15 is 0 Å². The number of hydrogen-bond donors (Lipinski definition) is 1. The minimum absolute atomic E-state index is 0.00765. The van der Waals surface area contributed by atoms with Gasteiger partial charge >= 0.3 is 0 Å². The molecule has 0 atom stereocenters. The highest BCUT2D eigenvalue weighted by atomic mass is 35.5. The number of anilines is 1. The lowest BCUT2D eigenvalue weighted by atomic mass is 10.2. The molecule has 3 aromatic rings. The molecule has 116 valence electrons. The maximum absolute atomic E-state index is 13.7. The Hall–Kier alpha value is -2.66. The molecule has 3 rings (SSSR count). The van der Waals surface area contributed by atoms with E-state index in [9.17, 15) is 9.18 Å². The molecular formula is C17H13ClFN3O.